The first-order valence-electron chi connectivity index (χ1n) is 6.34. The van der Waals surface area contributed by atoms with E-state index in [-0.39, 0.29) is 0 Å². The number of thiazole rings is 1. The smallest absolute Gasteiger partial charge is 0.187 e. The third-order valence-electron chi connectivity index (χ3n) is 2.96. The standard InChI is InChI=1S/C16H9Cl2N3S/c17-13-5-4-11(7-14(13)18)15-9-22-16(21-15)20-12-3-1-2-10(6-12)8-19/h1-7,9H,(H,20,21). The number of anilines is 2. The van der Waals surface area contributed by atoms with E-state index >= 15 is 0 Å². The fraction of sp³-hybridized carbons (Fsp3) is 0. The molecule has 0 radical (unpaired) electrons. The van der Waals surface area contributed by atoms with Crippen LogP contribution in [0, 0.1) is 11.3 Å². The molecule has 6 heteroatoms. The van der Waals surface area contributed by atoms with E-state index in [9.17, 15) is 0 Å². The number of nitrogens with one attached hydrogen (secondary N) is 1. The van der Waals surface area contributed by atoms with Crippen LogP contribution in [0.4, 0.5) is 10.8 Å². The number of nitriles is 1. The van der Waals surface area contributed by atoms with E-state index in [4.69, 9.17) is 28.5 Å². The topological polar surface area (TPSA) is 48.7 Å². The minimum Gasteiger partial charge on any atom is -0.331 e. The Morgan fingerprint density at radius 3 is 2.73 bits per heavy atom. The maximum Gasteiger partial charge on any atom is 0.187 e. The summed E-state index contributed by atoms with van der Waals surface area (Å²) in [7, 11) is 0. The lowest BCUT2D eigenvalue weighted by atomic mass is 10.2. The molecule has 0 saturated carbocycles. The summed E-state index contributed by atoms with van der Waals surface area (Å²) in [5.41, 5.74) is 3.16. The molecule has 0 bridgehead atoms. The van der Waals surface area contributed by atoms with Crippen LogP contribution in [0.3, 0.4) is 0 Å². The number of rotatable bonds is 3. The summed E-state index contributed by atoms with van der Waals surface area (Å²) >= 11 is 13.4. The van der Waals surface area contributed by atoms with Crippen LogP contribution in [-0.4, -0.2) is 4.98 Å². The molecule has 0 fully saturated rings. The molecule has 1 heterocycles. The summed E-state index contributed by atoms with van der Waals surface area (Å²) in [4.78, 5) is 4.52. The van der Waals surface area contributed by atoms with Gasteiger partial charge < -0.3 is 5.32 Å². The van der Waals surface area contributed by atoms with E-state index in [0.29, 0.717) is 15.6 Å². The SMILES string of the molecule is N#Cc1cccc(Nc2nc(-c3ccc(Cl)c(Cl)c3)cs2)c1. The van der Waals surface area contributed by atoms with Gasteiger partial charge in [-0.15, -0.1) is 11.3 Å². The summed E-state index contributed by atoms with van der Waals surface area (Å²) < 4.78 is 0. The molecule has 0 saturated heterocycles. The molecule has 1 N–H and O–H groups in total. The van der Waals surface area contributed by atoms with Crippen molar-refractivity contribution in [2.75, 3.05) is 5.32 Å². The lowest BCUT2D eigenvalue weighted by Gasteiger charge is -2.02. The van der Waals surface area contributed by atoms with Crippen molar-refractivity contribution in [3.8, 4) is 17.3 Å². The highest BCUT2D eigenvalue weighted by Crippen LogP contribution is 2.31. The largest absolute Gasteiger partial charge is 0.331 e. The molecule has 22 heavy (non-hydrogen) atoms. The van der Waals surface area contributed by atoms with Gasteiger partial charge in [-0.3, -0.25) is 0 Å². The number of benzene rings is 2. The monoisotopic (exact) mass is 345 g/mol. The van der Waals surface area contributed by atoms with Crippen LogP contribution in [-0.2, 0) is 0 Å². The Labute approximate surface area is 141 Å². The Hall–Kier alpha value is -2.06. The van der Waals surface area contributed by atoms with Crippen molar-refractivity contribution in [1.29, 1.82) is 5.26 Å². The van der Waals surface area contributed by atoms with Gasteiger partial charge in [0.15, 0.2) is 5.13 Å². The van der Waals surface area contributed by atoms with E-state index in [1.54, 1.807) is 24.3 Å². The van der Waals surface area contributed by atoms with Gasteiger partial charge in [0.05, 0.1) is 27.4 Å². The molecule has 0 spiro atoms. The number of nitrogens with zero attached hydrogens (tertiary/aromatic N) is 2. The Balaban J connectivity index is 1.84. The van der Waals surface area contributed by atoms with Crippen LogP contribution < -0.4 is 5.32 Å². The first kappa shape index (κ1) is 14.9. The molecule has 0 aliphatic rings. The van der Waals surface area contributed by atoms with Gasteiger partial charge in [-0.05, 0) is 30.3 Å². The molecule has 0 amide bonds. The van der Waals surface area contributed by atoms with Crippen LogP contribution in [0.15, 0.2) is 47.8 Å². The highest BCUT2D eigenvalue weighted by molar-refractivity contribution is 7.14. The van der Waals surface area contributed by atoms with Crippen LogP contribution in [0.25, 0.3) is 11.3 Å². The molecule has 108 valence electrons. The number of halogens is 2. The van der Waals surface area contributed by atoms with Crippen molar-refractivity contribution in [2.45, 2.75) is 0 Å². The maximum atomic E-state index is 8.92. The van der Waals surface area contributed by atoms with Crippen LogP contribution in [0.2, 0.25) is 10.0 Å². The second kappa shape index (κ2) is 6.37. The van der Waals surface area contributed by atoms with E-state index in [1.165, 1.54) is 11.3 Å². The Morgan fingerprint density at radius 1 is 1.09 bits per heavy atom. The predicted molar refractivity (Wildman–Crippen MR) is 92.0 cm³/mol. The zero-order valence-electron chi connectivity index (χ0n) is 11.2. The van der Waals surface area contributed by atoms with Crippen molar-refractivity contribution in [3.05, 3.63) is 63.5 Å². The van der Waals surface area contributed by atoms with Gasteiger partial charge in [-0.1, -0.05) is 35.3 Å². The number of hydrogen-bond donors (Lipinski definition) is 1. The summed E-state index contributed by atoms with van der Waals surface area (Å²) in [5.74, 6) is 0. The minimum atomic E-state index is 0.503. The molecule has 0 atom stereocenters. The molecule has 1 aromatic heterocycles. The van der Waals surface area contributed by atoms with E-state index in [0.717, 1.165) is 22.1 Å². The third kappa shape index (κ3) is 3.23. The zero-order chi connectivity index (χ0) is 15.5. The van der Waals surface area contributed by atoms with Crippen LogP contribution in [0.1, 0.15) is 5.56 Å². The van der Waals surface area contributed by atoms with E-state index in [2.05, 4.69) is 16.4 Å². The van der Waals surface area contributed by atoms with Gasteiger partial charge >= 0.3 is 0 Å². The van der Waals surface area contributed by atoms with Gasteiger partial charge in [0.2, 0.25) is 0 Å². The van der Waals surface area contributed by atoms with Crippen molar-refractivity contribution < 1.29 is 0 Å². The molecule has 3 aromatic rings. The highest BCUT2D eigenvalue weighted by atomic mass is 35.5. The molecule has 2 aromatic carbocycles. The first-order chi connectivity index (χ1) is 10.7. The van der Waals surface area contributed by atoms with E-state index in [1.807, 2.05) is 23.6 Å². The van der Waals surface area contributed by atoms with Gasteiger partial charge in [0, 0.05) is 16.6 Å². The van der Waals surface area contributed by atoms with Gasteiger partial charge in [-0.25, -0.2) is 4.98 Å². The fourth-order valence-corrected chi connectivity index (χ4v) is 2.95. The van der Waals surface area contributed by atoms with Crippen LogP contribution in [0.5, 0.6) is 0 Å². The Kier molecular flexibility index (Phi) is 4.30. The van der Waals surface area contributed by atoms with Crippen molar-refractivity contribution in [3.63, 3.8) is 0 Å². The predicted octanol–water partition coefficient (Wildman–Crippen LogP) is 5.73. The van der Waals surface area contributed by atoms with Crippen molar-refractivity contribution in [1.82, 2.24) is 4.98 Å². The molecule has 0 unspecified atom stereocenters. The Morgan fingerprint density at radius 2 is 1.95 bits per heavy atom. The first-order valence-corrected chi connectivity index (χ1v) is 7.97. The molecule has 3 nitrogen and oxygen atoms in total. The quantitative estimate of drug-likeness (QED) is 0.659. The summed E-state index contributed by atoms with van der Waals surface area (Å²) in [6, 6.07) is 14.8. The second-order valence-electron chi connectivity index (χ2n) is 4.48. The van der Waals surface area contributed by atoms with Gasteiger partial charge in [0.1, 0.15) is 0 Å². The third-order valence-corrected chi connectivity index (χ3v) is 4.46. The molecule has 0 aliphatic heterocycles. The van der Waals surface area contributed by atoms with Crippen molar-refractivity contribution >= 4 is 45.4 Å². The second-order valence-corrected chi connectivity index (χ2v) is 6.16. The zero-order valence-corrected chi connectivity index (χ0v) is 13.5. The normalized spacial score (nSPS) is 10.2. The lowest BCUT2D eigenvalue weighted by Crippen LogP contribution is -1.90. The van der Waals surface area contributed by atoms with Crippen molar-refractivity contribution in [2.24, 2.45) is 0 Å². The molecule has 3 rings (SSSR count). The fourth-order valence-electron chi connectivity index (χ4n) is 1.91. The minimum absolute atomic E-state index is 0.503. The van der Waals surface area contributed by atoms with Gasteiger partial charge in [-0.2, -0.15) is 5.26 Å². The average molecular weight is 346 g/mol. The summed E-state index contributed by atoms with van der Waals surface area (Å²) in [5, 5.41) is 15.8. The molecule has 0 aliphatic carbocycles. The maximum absolute atomic E-state index is 8.92. The number of hydrogen-bond acceptors (Lipinski definition) is 4. The summed E-state index contributed by atoms with van der Waals surface area (Å²) in [6.45, 7) is 0. The van der Waals surface area contributed by atoms with Gasteiger partial charge in [0.25, 0.3) is 0 Å². The number of aromatic nitrogens is 1. The van der Waals surface area contributed by atoms with Crippen LogP contribution >= 0.6 is 34.5 Å². The highest BCUT2D eigenvalue weighted by Gasteiger charge is 2.07. The summed E-state index contributed by atoms with van der Waals surface area (Å²) in [6.07, 6.45) is 0. The average Bonchev–Trinajstić information content (AvgIpc) is 2.98. The lowest BCUT2D eigenvalue weighted by molar-refractivity contribution is 1.38. The molecular formula is C16H9Cl2N3S. The Bertz CT molecular complexity index is 868. The molecular weight excluding hydrogens is 337 g/mol. The van der Waals surface area contributed by atoms with E-state index < -0.39 is 0 Å².